The monoisotopic (exact) mass is 290 g/mol. The molecule has 2 heterocycles. The summed E-state index contributed by atoms with van der Waals surface area (Å²) in [6, 6.07) is 5.42. The third-order valence-corrected chi connectivity index (χ3v) is 3.64. The SMILES string of the molecule is CC(C)n1cc(C2CC(=O)c3cc(Cl)ccc3O2)cn1. The van der Waals surface area contributed by atoms with Crippen molar-refractivity contribution in [3.05, 3.63) is 46.7 Å². The van der Waals surface area contributed by atoms with Crippen molar-refractivity contribution in [3.63, 3.8) is 0 Å². The van der Waals surface area contributed by atoms with E-state index in [0.717, 1.165) is 5.56 Å². The molecule has 5 heteroatoms. The Balaban J connectivity index is 1.90. The van der Waals surface area contributed by atoms with Crippen molar-refractivity contribution in [2.75, 3.05) is 0 Å². The lowest BCUT2D eigenvalue weighted by Gasteiger charge is -2.24. The molecule has 0 bridgehead atoms. The maximum absolute atomic E-state index is 12.2. The van der Waals surface area contributed by atoms with Gasteiger partial charge in [0.15, 0.2) is 5.78 Å². The second-order valence-corrected chi connectivity index (χ2v) is 5.66. The molecule has 3 rings (SSSR count). The van der Waals surface area contributed by atoms with E-state index in [1.54, 1.807) is 24.4 Å². The van der Waals surface area contributed by atoms with Gasteiger partial charge in [0.05, 0.1) is 18.2 Å². The van der Waals surface area contributed by atoms with Crippen LogP contribution in [0, 0.1) is 0 Å². The molecule has 0 spiro atoms. The average molecular weight is 291 g/mol. The molecule has 0 fully saturated rings. The zero-order valence-corrected chi connectivity index (χ0v) is 12.1. The predicted molar refractivity (Wildman–Crippen MR) is 76.4 cm³/mol. The van der Waals surface area contributed by atoms with Crippen molar-refractivity contribution >= 4 is 17.4 Å². The summed E-state index contributed by atoms with van der Waals surface area (Å²) in [5.74, 6) is 0.643. The van der Waals surface area contributed by atoms with Gasteiger partial charge in [-0.25, -0.2) is 0 Å². The number of aromatic nitrogens is 2. The van der Waals surface area contributed by atoms with Crippen LogP contribution in [0.5, 0.6) is 5.75 Å². The fraction of sp³-hybridized carbons (Fsp3) is 0.333. The van der Waals surface area contributed by atoms with Crippen molar-refractivity contribution in [2.24, 2.45) is 0 Å². The second-order valence-electron chi connectivity index (χ2n) is 5.22. The minimum Gasteiger partial charge on any atom is -0.484 e. The van der Waals surface area contributed by atoms with E-state index in [4.69, 9.17) is 16.3 Å². The smallest absolute Gasteiger partial charge is 0.170 e. The highest BCUT2D eigenvalue weighted by Crippen LogP contribution is 2.36. The van der Waals surface area contributed by atoms with Gasteiger partial charge in [-0.15, -0.1) is 0 Å². The third-order valence-electron chi connectivity index (χ3n) is 3.40. The van der Waals surface area contributed by atoms with Gasteiger partial charge in [0.25, 0.3) is 0 Å². The first-order chi connectivity index (χ1) is 9.54. The van der Waals surface area contributed by atoms with Gasteiger partial charge in [-0.3, -0.25) is 9.48 Å². The van der Waals surface area contributed by atoms with Crippen molar-refractivity contribution in [1.29, 1.82) is 0 Å². The van der Waals surface area contributed by atoms with Crippen LogP contribution in [-0.4, -0.2) is 15.6 Å². The topological polar surface area (TPSA) is 44.1 Å². The van der Waals surface area contributed by atoms with Gasteiger partial charge in [-0.2, -0.15) is 5.10 Å². The molecule has 0 saturated heterocycles. The van der Waals surface area contributed by atoms with Crippen LogP contribution >= 0.6 is 11.6 Å². The van der Waals surface area contributed by atoms with Crippen LogP contribution in [0.3, 0.4) is 0 Å². The number of fused-ring (bicyclic) bond motifs is 1. The van der Waals surface area contributed by atoms with Crippen LogP contribution in [0.2, 0.25) is 5.02 Å². The van der Waals surface area contributed by atoms with Crippen molar-refractivity contribution in [2.45, 2.75) is 32.4 Å². The fourth-order valence-corrected chi connectivity index (χ4v) is 2.46. The van der Waals surface area contributed by atoms with E-state index in [-0.39, 0.29) is 17.9 Å². The minimum absolute atomic E-state index is 0.0519. The Bertz CT molecular complexity index is 664. The Hall–Kier alpha value is -1.81. The molecule has 0 amide bonds. The number of carbonyl (C=O) groups excluding carboxylic acids is 1. The lowest BCUT2D eigenvalue weighted by Crippen LogP contribution is -2.20. The molecule has 1 atom stereocenters. The number of Topliss-reactive ketones (excluding diaryl/α,β-unsaturated/α-hetero) is 1. The number of nitrogens with zero attached hydrogens (tertiary/aromatic N) is 2. The first-order valence-corrected chi connectivity index (χ1v) is 6.96. The van der Waals surface area contributed by atoms with E-state index in [2.05, 4.69) is 18.9 Å². The molecule has 1 aromatic heterocycles. The third kappa shape index (κ3) is 2.31. The van der Waals surface area contributed by atoms with Crippen LogP contribution in [0.25, 0.3) is 0 Å². The summed E-state index contributed by atoms with van der Waals surface area (Å²) in [6.45, 7) is 4.11. The summed E-state index contributed by atoms with van der Waals surface area (Å²) in [7, 11) is 0. The van der Waals surface area contributed by atoms with Gasteiger partial charge in [-0.05, 0) is 32.0 Å². The highest BCUT2D eigenvalue weighted by Gasteiger charge is 2.28. The number of ether oxygens (including phenoxy) is 1. The molecule has 1 aliphatic heterocycles. The maximum Gasteiger partial charge on any atom is 0.170 e. The predicted octanol–water partition coefficient (Wildman–Crippen LogP) is 3.82. The number of rotatable bonds is 2. The van der Waals surface area contributed by atoms with E-state index in [9.17, 15) is 4.79 Å². The highest BCUT2D eigenvalue weighted by atomic mass is 35.5. The molecule has 0 saturated carbocycles. The number of hydrogen-bond donors (Lipinski definition) is 0. The van der Waals surface area contributed by atoms with E-state index < -0.39 is 0 Å². The number of carbonyl (C=O) groups is 1. The maximum atomic E-state index is 12.2. The number of hydrogen-bond acceptors (Lipinski definition) is 3. The number of halogens is 1. The molecule has 4 nitrogen and oxygen atoms in total. The largest absolute Gasteiger partial charge is 0.484 e. The van der Waals surface area contributed by atoms with E-state index >= 15 is 0 Å². The quantitative estimate of drug-likeness (QED) is 0.844. The summed E-state index contributed by atoms with van der Waals surface area (Å²) in [4.78, 5) is 12.2. The summed E-state index contributed by atoms with van der Waals surface area (Å²) in [5, 5.41) is 4.84. The Morgan fingerprint density at radius 1 is 1.45 bits per heavy atom. The van der Waals surface area contributed by atoms with E-state index in [1.807, 2.05) is 10.9 Å². The first-order valence-electron chi connectivity index (χ1n) is 6.58. The van der Waals surface area contributed by atoms with Gasteiger partial charge >= 0.3 is 0 Å². The molecule has 1 aromatic carbocycles. The Labute approximate surface area is 122 Å². The first kappa shape index (κ1) is 13.2. The van der Waals surface area contributed by atoms with Crippen LogP contribution in [0.4, 0.5) is 0 Å². The van der Waals surface area contributed by atoms with Crippen LogP contribution in [-0.2, 0) is 0 Å². The Morgan fingerprint density at radius 3 is 2.95 bits per heavy atom. The lowest BCUT2D eigenvalue weighted by atomic mass is 9.98. The van der Waals surface area contributed by atoms with Crippen LogP contribution < -0.4 is 4.74 Å². The molecule has 20 heavy (non-hydrogen) atoms. The molecule has 2 aromatic rings. The molecule has 104 valence electrons. The molecule has 1 unspecified atom stereocenters. The average Bonchev–Trinajstić information content (AvgIpc) is 2.89. The zero-order chi connectivity index (χ0) is 14.3. The van der Waals surface area contributed by atoms with Gasteiger partial charge in [0.2, 0.25) is 0 Å². The standard InChI is InChI=1S/C15H15ClN2O2/c1-9(2)18-8-10(7-17-18)15-6-13(19)12-5-11(16)3-4-14(12)20-15/h3-5,7-9,15H,6H2,1-2H3. The van der Waals surface area contributed by atoms with Gasteiger partial charge < -0.3 is 4.74 Å². The van der Waals surface area contributed by atoms with E-state index in [1.165, 1.54) is 0 Å². The number of ketones is 1. The van der Waals surface area contributed by atoms with Crippen LogP contribution in [0.1, 0.15) is 48.3 Å². The normalized spacial score (nSPS) is 18.0. The highest BCUT2D eigenvalue weighted by molar-refractivity contribution is 6.31. The Morgan fingerprint density at radius 2 is 2.25 bits per heavy atom. The molecule has 0 N–H and O–H groups in total. The summed E-state index contributed by atoms with van der Waals surface area (Å²) in [5.41, 5.74) is 1.48. The van der Waals surface area contributed by atoms with Gasteiger partial charge in [0, 0.05) is 22.8 Å². The Kier molecular flexibility index (Phi) is 3.26. The van der Waals surface area contributed by atoms with Crippen LogP contribution in [0.15, 0.2) is 30.6 Å². The molecule has 0 aliphatic carbocycles. The molecular weight excluding hydrogens is 276 g/mol. The molecule has 1 aliphatic rings. The summed E-state index contributed by atoms with van der Waals surface area (Å²) < 4.78 is 7.77. The van der Waals surface area contributed by atoms with Crippen molar-refractivity contribution in [1.82, 2.24) is 9.78 Å². The minimum atomic E-state index is -0.274. The van der Waals surface area contributed by atoms with E-state index in [0.29, 0.717) is 22.8 Å². The lowest BCUT2D eigenvalue weighted by molar-refractivity contribution is 0.0850. The zero-order valence-electron chi connectivity index (χ0n) is 11.3. The van der Waals surface area contributed by atoms with Gasteiger partial charge in [0.1, 0.15) is 11.9 Å². The molecular formula is C15H15ClN2O2. The summed E-state index contributed by atoms with van der Waals surface area (Å²) in [6.07, 6.45) is 3.74. The number of benzene rings is 1. The fourth-order valence-electron chi connectivity index (χ4n) is 2.28. The van der Waals surface area contributed by atoms with Crippen molar-refractivity contribution in [3.8, 4) is 5.75 Å². The van der Waals surface area contributed by atoms with Gasteiger partial charge in [-0.1, -0.05) is 11.6 Å². The summed E-state index contributed by atoms with van der Waals surface area (Å²) >= 11 is 5.91. The van der Waals surface area contributed by atoms with Crippen molar-refractivity contribution < 1.29 is 9.53 Å². The second kappa shape index (κ2) is 4.94. The molecule has 0 radical (unpaired) electrons.